The Kier molecular flexibility index (Phi) is 2.06. The fourth-order valence-corrected chi connectivity index (χ4v) is 0.650. The molecule has 5 N–H and O–H groups in total. The summed E-state index contributed by atoms with van der Waals surface area (Å²) in [6, 6.07) is 1.16. The first-order valence-corrected chi connectivity index (χ1v) is 2.91. The van der Waals surface area contributed by atoms with E-state index in [4.69, 9.17) is 16.0 Å². The number of anilines is 2. The molecule has 0 unspecified atom stereocenters. The molecule has 1 aromatic heterocycles. The van der Waals surface area contributed by atoms with Crippen LogP contribution in [-0.2, 0) is 0 Å². The van der Waals surface area contributed by atoms with Gasteiger partial charge in [0.05, 0.1) is 5.69 Å². The van der Waals surface area contributed by atoms with Gasteiger partial charge in [0.2, 0.25) is 0 Å². The molecule has 64 valence electrons. The highest BCUT2D eigenvalue weighted by atomic mass is 16.5. The Bertz CT molecular complexity index is 314. The van der Waals surface area contributed by atoms with E-state index in [0.717, 1.165) is 6.07 Å². The highest BCUT2D eigenvalue weighted by molar-refractivity contribution is 5.91. The third kappa shape index (κ3) is 1.40. The Morgan fingerprint density at radius 3 is 2.75 bits per heavy atom. The Hall–Kier alpha value is -1.89. The fraction of sp³-hybridized carbons (Fsp3) is 0. The molecule has 0 fully saturated rings. The lowest BCUT2D eigenvalue weighted by Crippen LogP contribution is -2.08. The summed E-state index contributed by atoms with van der Waals surface area (Å²) in [6.07, 6.45) is 0. The zero-order chi connectivity index (χ0) is 9.14. The number of hydrogen-bond acceptors (Lipinski definition) is 6. The number of carboxylic acid groups (broad SMARTS) is 1. The molecule has 0 spiro atoms. The lowest BCUT2D eigenvalue weighted by Gasteiger charge is -2.01. The van der Waals surface area contributed by atoms with Crippen LogP contribution >= 0.6 is 0 Å². The smallest absolute Gasteiger partial charge is 0.358 e. The highest BCUT2D eigenvalue weighted by Crippen LogP contribution is 2.12. The molecular weight excluding hydrogens is 164 g/mol. The van der Waals surface area contributed by atoms with Crippen LogP contribution in [0.2, 0.25) is 0 Å². The van der Waals surface area contributed by atoms with Crippen LogP contribution in [0.15, 0.2) is 6.07 Å². The molecule has 0 amide bonds. The van der Waals surface area contributed by atoms with E-state index in [9.17, 15) is 4.79 Å². The van der Waals surface area contributed by atoms with Gasteiger partial charge < -0.3 is 10.8 Å². The normalized spacial score (nSPS) is 9.42. The molecule has 0 saturated heterocycles. The van der Waals surface area contributed by atoms with E-state index in [2.05, 4.69) is 10.2 Å². The van der Waals surface area contributed by atoms with Crippen LogP contribution in [0.1, 0.15) is 10.5 Å². The van der Waals surface area contributed by atoms with Crippen LogP contribution in [0, 0.1) is 0 Å². The quantitative estimate of drug-likeness (QED) is 0.444. The summed E-state index contributed by atoms with van der Waals surface area (Å²) in [5.41, 5.74) is 6.37. The molecule has 1 rings (SSSR count). The van der Waals surface area contributed by atoms with Crippen LogP contribution in [0.4, 0.5) is 11.5 Å². The van der Waals surface area contributed by atoms with Gasteiger partial charge in [-0.2, -0.15) is 0 Å². The molecule has 1 aromatic rings. The SMILES string of the molecule is Nc1cc(NO)c(C(=O)O)nn1. The van der Waals surface area contributed by atoms with Gasteiger partial charge in [0.1, 0.15) is 5.82 Å². The van der Waals surface area contributed by atoms with Crippen LogP contribution in [-0.4, -0.2) is 26.5 Å². The summed E-state index contributed by atoms with van der Waals surface area (Å²) in [5, 5.41) is 23.5. The van der Waals surface area contributed by atoms with Crippen molar-refractivity contribution in [3.63, 3.8) is 0 Å². The second-order valence-electron chi connectivity index (χ2n) is 1.95. The molecule has 0 aromatic carbocycles. The molecule has 12 heavy (non-hydrogen) atoms. The van der Waals surface area contributed by atoms with Crippen molar-refractivity contribution in [2.75, 3.05) is 11.2 Å². The molecule has 0 radical (unpaired) electrons. The standard InChI is InChI=1S/C5H6N4O3/c6-3-1-2(9-12)4(5(10)11)8-7-3/h1,12H,(H,10,11)(H3,6,7,9). The van der Waals surface area contributed by atoms with E-state index in [1.807, 2.05) is 0 Å². The first kappa shape index (κ1) is 8.21. The summed E-state index contributed by atoms with van der Waals surface area (Å²) in [4.78, 5) is 10.4. The first-order valence-electron chi connectivity index (χ1n) is 2.91. The first-order chi connectivity index (χ1) is 5.65. The Morgan fingerprint density at radius 1 is 1.58 bits per heavy atom. The zero-order valence-electron chi connectivity index (χ0n) is 5.85. The maximum absolute atomic E-state index is 10.4. The predicted octanol–water partition coefficient (Wildman–Crippen LogP) is -0.442. The van der Waals surface area contributed by atoms with Gasteiger partial charge in [-0.1, -0.05) is 0 Å². The molecule has 0 aliphatic rings. The number of nitrogens with one attached hydrogen (secondary N) is 1. The lowest BCUT2D eigenvalue weighted by atomic mass is 10.3. The van der Waals surface area contributed by atoms with E-state index in [-0.39, 0.29) is 17.2 Å². The van der Waals surface area contributed by atoms with Crippen LogP contribution < -0.4 is 11.2 Å². The maximum atomic E-state index is 10.4. The molecule has 7 heteroatoms. The van der Waals surface area contributed by atoms with Crippen molar-refractivity contribution in [2.45, 2.75) is 0 Å². The summed E-state index contributed by atoms with van der Waals surface area (Å²) in [7, 11) is 0. The molecule has 1 heterocycles. The maximum Gasteiger partial charge on any atom is 0.358 e. The van der Waals surface area contributed by atoms with Gasteiger partial charge >= 0.3 is 5.97 Å². The molecule has 7 nitrogen and oxygen atoms in total. The summed E-state index contributed by atoms with van der Waals surface area (Å²) < 4.78 is 0. The Labute approximate surface area is 66.8 Å². The van der Waals surface area contributed by atoms with Crippen molar-refractivity contribution >= 4 is 17.5 Å². The van der Waals surface area contributed by atoms with Gasteiger partial charge in [-0.3, -0.25) is 10.7 Å². The van der Waals surface area contributed by atoms with E-state index in [0.29, 0.717) is 0 Å². The number of carbonyl (C=O) groups is 1. The van der Waals surface area contributed by atoms with Gasteiger partial charge in [0, 0.05) is 6.07 Å². The van der Waals surface area contributed by atoms with Gasteiger partial charge in [0.15, 0.2) is 5.69 Å². The number of carboxylic acids is 1. The number of aromatic carboxylic acids is 1. The molecular formula is C5H6N4O3. The second-order valence-corrected chi connectivity index (χ2v) is 1.95. The number of hydrogen-bond donors (Lipinski definition) is 4. The third-order valence-corrected chi connectivity index (χ3v) is 1.14. The van der Waals surface area contributed by atoms with Crippen LogP contribution in [0.25, 0.3) is 0 Å². The van der Waals surface area contributed by atoms with Gasteiger partial charge in [-0.05, 0) is 0 Å². The largest absolute Gasteiger partial charge is 0.476 e. The van der Waals surface area contributed by atoms with Gasteiger partial charge in [-0.15, -0.1) is 10.2 Å². The topological polar surface area (TPSA) is 121 Å². The van der Waals surface area contributed by atoms with Crippen molar-refractivity contribution < 1.29 is 15.1 Å². The third-order valence-electron chi connectivity index (χ3n) is 1.14. The summed E-state index contributed by atoms with van der Waals surface area (Å²) >= 11 is 0. The van der Waals surface area contributed by atoms with E-state index < -0.39 is 5.97 Å². The fourth-order valence-electron chi connectivity index (χ4n) is 0.650. The molecule has 0 bridgehead atoms. The average Bonchev–Trinajstić information content (AvgIpc) is 2.03. The Morgan fingerprint density at radius 2 is 2.25 bits per heavy atom. The van der Waals surface area contributed by atoms with Gasteiger partial charge in [0.25, 0.3) is 0 Å². The Balaban J connectivity index is 3.20. The van der Waals surface area contributed by atoms with Crippen molar-refractivity contribution in [3.05, 3.63) is 11.8 Å². The van der Waals surface area contributed by atoms with E-state index in [1.165, 1.54) is 0 Å². The summed E-state index contributed by atoms with van der Waals surface area (Å²) in [6.45, 7) is 0. The molecule has 0 atom stereocenters. The number of nitrogen functional groups attached to an aromatic ring is 1. The van der Waals surface area contributed by atoms with Crippen molar-refractivity contribution in [1.82, 2.24) is 10.2 Å². The predicted molar refractivity (Wildman–Crippen MR) is 38.8 cm³/mol. The minimum Gasteiger partial charge on any atom is -0.476 e. The zero-order valence-corrected chi connectivity index (χ0v) is 5.85. The van der Waals surface area contributed by atoms with Crippen LogP contribution in [0.3, 0.4) is 0 Å². The minimum absolute atomic E-state index is 0.0246. The minimum atomic E-state index is -1.29. The van der Waals surface area contributed by atoms with Crippen molar-refractivity contribution in [1.29, 1.82) is 0 Å². The number of aromatic nitrogens is 2. The monoisotopic (exact) mass is 170 g/mol. The summed E-state index contributed by atoms with van der Waals surface area (Å²) in [5.74, 6) is -1.27. The number of nitrogens with two attached hydrogens (primary N) is 1. The van der Waals surface area contributed by atoms with Gasteiger partial charge in [-0.25, -0.2) is 4.79 Å². The van der Waals surface area contributed by atoms with Crippen molar-refractivity contribution in [3.8, 4) is 0 Å². The average molecular weight is 170 g/mol. The van der Waals surface area contributed by atoms with Crippen molar-refractivity contribution in [2.24, 2.45) is 0 Å². The molecule has 0 aliphatic carbocycles. The van der Waals surface area contributed by atoms with Crippen LogP contribution in [0.5, 0.6) is 0 Å². The molecule has 0 saturated carbocycles. The highest BCUT2D eigenvalue weighted by Gasteiger charge is 2.12. The van der Waals surface area contributed by atoms with E-state index >= 15 is 0 Å². The number of nitrogens with zero attached hydrogens (tertiary/aromatic N) is 2. The lowest BCUT2D eigenvalue weighted by molar-refractivity contribution is 0.0689. The second kappa shape index (κ2) is 3.01. The van der Waals surface area contributed by atoms with E-state index in [1.54, 1.807) is 5.48 Å². The number of rotatable bonds is 2. The molecule has 0 aliphatic heterocycles.